The molecule has 18 heavy (non-hydrogen) atoms. The molecule has 0 bridgehead atoms. The molecule has 0 saturated heterocycles. The van der Waals surface area contributed by atoms with Crippen LogP contribution in [0.5, 0.6) is 0 Å². The molecule has 1 fully saturated rings. The van der Waals surface area contributed by atoms with Crippen LogP contribution in [0.15, 0.2) is 12.4 Å². The molecular formula is C12H17N3O3. The molecule has 0 spiro atoms. The van der Waals surface area contributed by atoms with Gasteiger partial charge in [0.15, 0.2) is 5.69 Å². The van der Waals surface area contributed by atoms with Crippen molar-refractivity contribution < 1.29 is 14.6 Å². The second-order valence-electron chi connectivity index (χ2n) is 4.40. The second kappa shape index (κ2) is 5.77. The van der Waals surface area contributed by atoms with Crippen LogP contribution in [-0.4, -0.2) is 40.3 Å². The lowest BCUT2D eigenvalue weighted by Crippen LogP contribution is -2.38. The molecule has 2 atom stereocenters. The number of rotatable bonds is 4. The van der Waals surface area contributed by atoms with Gasteiger partial charge < -0.3 is 15.2 Å². The summed E-state index contributed by atoms with van der Waals surface area (Å²) in [5, 5.41) is 12.0. The van der Waals surface area contributed by atoms with E-state index in [-0.39, 0.29) is 17.8 Å². The van der Waals surface area contributed by atoms with Gasteiger partial charge in [0.25, 0.3) is 0 Å². The molecule has 2 rings (SSSR count). The van der Waals surface area contributed by atoms with Crippen LogP contribution in [0.1, 0.15) is 36.2 Å². The summed E-state index contributed by atoms with van der Waals surface area (Å²) in [4.78, 5) is 18.5. The molecule has 0 amide bonds. The van der Waals surface area contributed by atoms with Crippen molar-refractivity contribution in [1.82, 2.24) is 9.97 Å². The lowest BCUT2D eigenvalue weighted by Gasteiger charge is -2.31. The third kappa shape index (κ3) is 2.95. The fourth-order valence-electron chi connectivity index (χ4n) is 2.25. The number of aromatic nitrogens is 2. The maximum absolute atomic E-state index is 10.7. The van der Waals surface area contributed by atoms with E-state index in [2.05, 4.69) is 15.3 Å². The normalized spacial score (nSPS) is 23.6. The molecule has 1 heterocycles. The average molecular weight is 251 g/mol. The van der Waals surface area contributed by atoms with E-state index in [1.807, 2.05) is 0 Å². The van der Waals surface area contributed by atoms with Crippen molar-refractivity contribution in [2.75, 3.05) is 12.4 Å². The number of carbonyl (C=O) groups is 1. The molecule has 0 radical (unpaired) electrons. The summed E-state index contributed by atoms with van der Waals surface area (Å²) in [5.41, 5.74) is -0.0486. The number of ether oxygens (including phenoxy) is 1. The lowest BCUT2D eigenvalue weighted by molar-refractivity contribution is 0.0604. The summed E-state index contributed by atoms with van der Waals surface area (Å²) in [6, 6.07) is 0.216. The van der Waals surface area contributed by atoms with Crippen molar-refractivity contribution in [3.8, 4) is 0 Å². The van der Waals surface area contributed by atoms with Crippen molar-refractivity contribution in [2.45, 2.75) is 37.8 Å². The molecule has 98 valence electrons. The van der Waals surface area contributed by atoms with E-state index >= 15 is 0 Å². The number of anilines is 1. The zero-order chi connectivity index (χ0) is 13.0. The molecule has 0 aromatic carbocycles. The molecule has 6 nitrogen and oxygen atoms in total. The maximum atomic E-state index is 10.7. The van der Waals surface area contributed by atoms with Crippen molar-refractivity contribution in [1.29, 1.82) is 0 Å². The van der Waals surface area contributed by atoms with Crippen LogP contribution in [0.25, 0.3) is 0 Å². The van der Waals surface area contributed by atoms with Gasteiger partial charge >= 0.3 is 5.97 Å². The van der Waals surface area contributed by atoms with Crippen molar-refractivity contribution in [3.05, 3.63) is 18.1 Å². The molecule has 1 aliphatic carbocycles. The predicted octanol–water partition coefficient (Wildman–Crippen LogP) is 1.54. The van der Waals surface area contributed by atoms with Crippen LogP contribution in [0.2, 0.25) is 0 Å². The minimum absolute atomic E-state index is 0.0486. The van der Waals surface area contributed by atoms with Crippen LogP contribution in [0.3, 0.4) is 0 Å². The summed E-state index contributed by atoms with van der Waals surface area (Å²) in [5.74, 6) is -0.476. The fourth-order valence-corrected chi connectivity index (χ4v) is 2.25. The van der Waals surface area contributed by atoms with Gasteiger partial charge in [0.2, 0.25) is 0 Å². The number of carboxylic acids is 1. The highest BCUT2D eigenvalue weighted by Crippen LogP contribution is 2.23. The second-order valence-corrected chi connectivity index (χ2v) is 4.40. The van der Waals surface area contributed by atoms with Gasteiger partial charge in [0.05, 0.1) is 24.5 Å². The zero-order valence-electron chi connectivity index (χ0n) is 10.3. The van der Waals surface area contributed by atoms with Crippen LogP contribution >= 0.6 is 0 Å². The molecule has 1 aromatic rings. The average Bonchev–Trinajstić information content (AvgIpc) is 2.40. The van der Waals surface area contributed by atoms with E-state index in [9.17, 15) is 4.79 Å². The first-order valence-corrected chi connectivity index (χ1v) is 6.05. The summed E-state index contributed by atoms with van der Waals surface area (Å²) in [6.07, 6.45) is 7.30. The number of methoxy groups -OCH3 is 1. The Kier molecular flexibility index (Phi) is 4.09. The summed E-state index contributed by atoms with van der Waals surface area (Å²) < 4.78 is 5.43. The van der Waals surface area contributed by atoms with Gasteiger partial charge in [0.1, 0.15) is 5.82 Å². The SMILES string of the molecule is CO[C@H]1CCCC[C@@H]1Nc1cnc(C(=O)O)cn1. The first-order valence-electron chi connectivity index (χ1n) is 6.05. The van der Waals surface area contributed by atoms with Gasteiger partial charge in [0, 0.05) is 7.11 Å². The molecule has 0 unspecified atom stereocenters. The molecule has 0 aliphatic heterocycles. The number of carboxylic acid groups (broad SMARTS) is 1. The van der Waals surface area contributed by atoms with Crippen LogP contribution < -0.4 is 5.32 Å². The summed E-state index contributed by atoms with van der Waals surface area (Å²) in [7, 11) is 1.71. The number of hydrogen-bond acceptors (Lipinski definition) is 5. The molecule has 1 aliphatic rings. The standard InChI is InChI=1S/C12H17N3O3/c1-18-10-5-3-2-4-8(10)15-11-7-13-9(6-14-11)12(16)17/h6-8,10H,2-5H2,1H3,(H,14,15)(H,16,17)/t8-,10-/m0/s1. The summed E-state index contributed by atoms with van der Waals surface area (Å²) >= 11 is 0. The largest absolute Gasteiger partial charge is 0.476 e. The molecular weight excluding hydrogens is 234 g/mol. The number of hydrogen-bond donors (Lipinski definition) is 2. The quantitative estimate of drug-likeness (QED) is 0.844. The minimum atomic E-state index is -1.07. The summed E-state index contributed by atoms with van der Waals surface area (Å²) in [6.45, 7) is 0. The van der Waals surface area contributed by atoms with Crippen molar-refractivity contribution >= 4 is 11.8 Å². The van der Waals surface area contributed by atoms with Gasteiger partial charge in [-0.3, -0.25) is 0 Å². The van der Waals surface area contributed by atoms with Crippen LogP contribution in [0.4, 0.5) is 5.82 Å². The van der Waals surface area contributed by atoms with E-state index in [4.69, 9.17) is 9.84 Å². The van der Waals surface area contributed by atoms with E-state index in [0.29, 0.717) is 5.82 Å². The Morgan fingerprint density at radius 2 is 2.17 bits per heavy atom. The smallest absolute Gasteiger partial charge is 0.356 e. The van der Waals surface area contributed by atoms with E-state index < -0.39 is 5.97 Å². The van der Waals surface area contributed by atoms with E-state index in [0.717, 1.165) is 19.3 Å². The van der Waals surface area contributed by atoms with Crippen LogP contribution in [0, 0.1) is 0 Å². The highest BCUT2D eigenvalue weighted by molar-refractivity contribution is 5.84. The Morgan fingerprint density at radius 3 is 2.78 bits per heavy atom. The molecule has 6 heteroatoms. The fraction of sp³-hybridized carbons (Fsp3) is 0.583. The number of nitrogens with one attached hydrogen (secondary N) is 1. The maximum Gasteiger partial charge on any atom is 0.356 e. The van der Waals surface area contributed by atoms with Crippen molar-refractivity contribution in [3.63, 3.8) is 0 Å². The Labute approximate surface area is 105 Å². The highest BCUT2D eigenvalue weighted by atomic mass is 16.5. The van der Waals surface area contributed by atoms with Gasteiger partial charge in [-0.25, -0.2) is 14.8 Å². The monoisotopic (exact) mass is 251 g/mol. The molecule has 2 N–H and O–H groups in total. The van der Waals surface area contributed by atoms with E-state index in [1.54, 1.807) is 7.11 Å². The number of aromatic carboxylic acids is 1. The highest BCUT2D eigenvalue weighted by Gasteiger charge is 2.25. The van der Waals surface area contributed by atoms with Gasteiger partial charge in [-0.05, 0) is 12.8 Å². The minimum Gasteiger partial charge on any atom is -0.476 e. The first kappa shape index (κ1) is 12.8. The third-order valence-electron chi connectivity index (χ3n) is 3.21. The zero-order valence-corrected chi connectivity index (χ0v) is 10.3. The van der Waals surface area contributed by atoms with Gasteiger partial charge in [-0.1, -0.05) is 12.8 Å². The predicted molar refractivity (Wildman–Crippen MR) is 65.7 cm³/mol. The third-order valence-corrected chi connectivity index (χ3v) is 3.21. The van der Waals surface area contributed by atoms with Gasteiger partial charge in [-0.2, -0.15) is 0 Å². The Balaban J connectivity index is 2.01. The van der Waals surface area contributed by atoms with Crippen LogP contribution in [-0.2, 0) is 4.74 Å². The topological polar surface area (TPSA) is 84.3 Å². The van der Waals surface area contributed by atoms with Gasteiger partial charge in [-0.15, -0.1) is 0 Å². The first-order chi connectivity index (χ1) is 8.70. The molecule has 1 saturated carbocycles. The Morgan fingerprint density at radius 1 is 1.39 bits per heavy atom. The number of nitrogens with zero attached hydrogens (tertiary/aromatic N) is 2. The lowest BCUT2D eigenvalue weighted by atomic mass is 9.92. The van der Waals surface area contributed by atoms with E-state index in [1.165, 1.54) is 18.8 Å². The Hall–Kier alpha value is -1.69. The van der Waals surface area contributed by atoms with Crippen molar-refractivity contribution in [2.24, 2.45) is 0 Å². The molecule has 1 aromatic heterocycles. The Bertz CT molecular complexity index is 408.